The Morgan fingerprint density at radius 2 is 1.73 bits per heavy atom. The molecule has 0 spiro atoms. The first-order chi connectivity index (χ1) is 12.2. The van der Waals surface area contributed by atoms with Crippen LogP contribution in [0.3, 0.4) is 0 Å². The number of nitrogens with one attached hydrogen (secondary N) is 2. The monoisotopic (exact) mass is 481 g/mol. The van der Waals surface area contributed by atoms with E-state index in [1.807, 2.05) is 7.05 Å². The van der Waals surface area contributed by atoms with Gasteiger partial charge in [0.25, 0.3) is 0 Å². The van der Waals surface area contributed by atoms with Crippen LogP contribution in [0.15, 0.2) is 4.99 Å². The number of halogens is 1. The zero-order valence-corrected chi connectivity index (χ0v) is 19.4. The van der Waals surface area contributed by atoms with Gasteiger partial charge in [-0.1, -0.05) is 33.1 Å². The maximum Gasteiger partial charge on any atom is 0.191 e. The number of morpholine rings is 1. The molecule has 7 heteroatoms. The lowest BCUT2D eigenvalue weighted by Crippen LogP contribution is -2.60. The third-order valence-corrected chi connectivity index (χ3v) is 5.89. The number of aliphatic imine (C=N–C) groups is 1. The molecule has 0 aromatic carbocycles. The minimum Gasteiger partial charge on any atom is -0.379 e. The van der Waals surface area contributed by atoms with E-state index in [0.29, 0.717) is 0 Å². The summed E-state index contributed by atoms with van der Waals surface area (Å²) >= 11 is 0. The molecule has 2 aliphatic rings. The molecule has 0 bridgehead atoms. The molecule has 0 atom stereocenters. The van der Waals surface area contributed by atoms with Gasteiger partial charge in [-0.15, -0.1) is 24.0 Å². The molecule has 1 aliphatic carbocycles. The number of rotatable bonds is 8. The van der Waals surface area contributed by atoms with Crippen molar-refractivity contribution in [3.8, 4) is 0 Å². The molecule has 2 rings (SSSR count). The second-order valence-electron chi connectivity index (χ2n) is 7.26. The Kier molecular flexibility index (Phi) is 12.1. The topological polar surface area (TPSA) is 52.1 Å². The fraction of sp³-hybridized carbons (Fsp3) is 0.947. The second kappa shape index (κ2) is 13.1. The predicted octanol–water partition coefficient (Wildman–Crippen LogP) is 2.15. The molecule has 1 saturated carbocycles. The lowest BCUT2D eigenvalue weighted by molar-refractivity contribution is -0.0352. The second-order valence-corrected chi connectivity index (χ2v) is 7.26. The fourth-order valence-electron chi connectivity index (χ4n) is 4.19. The lowest BCUT2D eigenvalue weighted by atomic mass is 9.80. The Hall–Kier alpha value is -0.120. The van der Waals surface area contributed by atoms with Crippen molar-refractivity contribution >= 4 is 29.9 Å². The van der Waals surface area contributed by atoms with Crippen LogP contribution in [0.1, 0.15) is 46.0 Å². The van der Waals surface area contributed by atoms with E-state index in [9.17, 15) is 0 Å². The predicted molar refractivity (Wildman–Crippen MR) is 121 cm³/mol. The van der Waals surface area contributed by atoms with E-state index in [0.717, 1.165) is 65.0 Å². The normalized spacial score (nSPS) is 21.3. The summed E-state index contributed by atoms with van der Waals surface area (Å²) in [6.07, 6.45) is 6.63. The largest absolute Gasteiger partial charge is 0.379 e. The van der Waals surface area contributed by atoms with Gasteiger partial charge in [-0.2, -0.15) is 0 Å². The molecule has 0 radical (unpaired) electrons. The molecule has 1 aliphatic heterocycles. The summed E-state index contributed by atoms with van der Waals surface area (Å²) in [4.78, 5) is 9.53. The van der Waals surface area contributed by atoms with Crippen molar-refractivity contribution in [2.75, 3.05) is 66.1 Å². The van der Waals surface area contributed by atoms with Crippen LogP contribution in [0.4, 0.5) is 0 Å². The van der Waals surface area contributed by atoms with Gasteiger partial charge in [0.2, 0.25) is 0 Å². The van der Waals surface area contributed by atoms with Gasteiger partial charge in [-0.25, -0.2) is 0 Å². The van der Waals surface area contributed by atoms with Gasteiger partial charge < -0.3 is 20.3 Å². The third kappa shape index (κ3) is 7.13. The number of ether oxygens (including phenoxy) is 1. The molecule has 0 aromatic heterocycles. The van der Waals surface area contributed by atoms with Crippen LogP contribution in [0.2, 0.25) is 0 Å². The maximum atomic E-state index is 5.58. The van der Waals surface area contributed by atoms with E-state index in [1.165, 1.54) is 32.1 Å². The van der Waals surface area contributed by atoms with Crippen LogP contribution in [0, 0.1) is 0 Å². The van der Waals surface area contributed by atoms with Crippen LogP contribution in [0.25, 0.3) is 0 Å². The van der Waals surface area contributed by atoms with Crippen molar-refractivity contribution in [3.63, 3.8) is 0 Å². The van der Waals surface area contributed by atoms with Crippen molar-refractivity contribution in [1.29, 1.82) is 0 Å². The summed E-state index contributed by atoms with van der Waals surface area (Å²) in [6.45, 7) is 13.5. The van der Waals surface area contributed by atoms with Crippen molar-refractivity contribution in [2.24, 2.45) is 4.99 Å². The Morgan fingerprint density at radius 1 is 1.08 bits per heavy atom. The first kappa shape index (κ1) is 23.9. The molecular formula is C19H40IN5O. The maximum absolute atomic E-state index is 5.58. The molecular weight excluding hydrogens is 441 g/mol. The van der Waals surface area contributed by atoms with Crippen LogP contribution < -0.4 is 10.6 Å². The van der Waals surface area contributed by atoms with Gasteiger partial charge in [0.05, 0.1) is 13.2 Å². The van der Waals surface area contributed by atoms with Crippen LogP contribution in [-0.2, 0) is 4.74 Å². The van der Waals surface area contributed by atoms with Crippen molar-refractivity contribution in [3.05, 3.63) is 0 Å². The van der Waals surface area contributed by atoms with E-state index < -0.39 is 0 Å². The molecule has 0 aromatic rings. The van der Waals surface area contributed by atoms with Gasteiger partial charge in [0, 0.05) is 45.3 Å². The summed E-state index contributed by atoms with van der Waals surface area (Å²) in [5, 5.41) is 7.11. The SMILES string of the molecule is CCN(CC)CCNC(=NC)NCC1(N2CCOCC2)CCCCC1.I. The summed E-state index contributed by atoms with van der Waals surface area (Å²) in [6, 6.07) is 0. The highest BCUT2D eigenvalue weighted by molar-refractivity contribution is 14.0. The van der Waals surface area contributed by atoms with Crippen molar-refractivity contribution in [1.82, 2.24) is 20.4 Å². The highest BCUT2D eigenvalue weighted by Crippen LogP contribution is 2.33. The Balaban J connectivity index is 0.00000338. The molecule has 6 nitrogen and oxygen atoms in total. The van der Waals surface area contributed by atoms with Gasteiger partial charge in [0.1, 0.15) is 0 Å². The lowest BCUT2D eigenvalue weighted by Gasteiger charge is -2.48. The first-order valence-electron chi connectivity index (χ1n) is 10.2. The number of hydrogen-bond acceptors (Lipinski definition) is 4. The van der Waals surface area contributed by atoms with E-state index in [-0.39, 0.29) is 29.5 Å². The Morgan fingerprint density at radius 3 is 2.31 bits per heavy atom. The molecule has 1 saturated heterocycles. The zero-order chi connectivity index (χ0) is 18.0. The molecule has 2 fully saturated rings. The van der Waals surface area contributed by atoms with E-state index >= 15 is 0 Å². The van der Waals surface area contributed by atoms with Gasteiger partial charge in [-0.05, 0) is 25.9 Å². The summed E-state index contributed by atoms with van der Waals surface area (Å²) in [7, 11) is 1.87. The van der Waals surface area contributed by atoms with Gasteiger partial charge in [0.15, 0.2) is 5.96 Å². The molecule has 1 heterocycles. The quantitative estimate of drug-likeness (QED) is 0.316. The van der Waals surface area contributed by atoms with Crippen molar-refractivity contribution < 1.29 is 4.74 Å². The van der Waals surface area contributed by atoms with E-state index in [2.05, 4.69) is 39.3 Å². The minimum atomic E-state index is 0. The first-order valence-corrected chi connectivity index (χ1v) is 10.2. The van der Waals surface area contributed by atoms with Gasteiger partial charge >= 0.3 is 0 Å². The fourth-order valence-corrected chi connectivity index (χ4v) is 4.19. The Labute approximate surface area is 177 Å². The number of hydrogen-bond donors (Lipinski definition) is 2. The van der Waals surface area contributed by atoms with Crippen LogP contribution in [-0.4, -0.2) is 87.4 Å². The summed E-state index contributed by atoms with van der Waals surface area (Å²) in [5.41, 5.74) is 0.276. The van der Waals surface area contributed by atoms with Crippen LogP contribution >= 0.6 is 24.0 Å². The molecule has 0 amide bonds. The highest BCUT2D eigenvalue weighted by Gasteiger charge is 2.38. The number of guanidine groups is 1. The molecule has 2 N–H and O–H groups in total. The number of likely N-dealkylation sites (N-methyl/N-ethyl adjacent to an activating group) is 1. The van der Waals surface area contributed by atoms with Crippen LogP contribution in [0.5, 0.6) is 0 Å². The molecule has 154 valence electrons. The Bertz CT molecular complexity index is 391. The number of nitrogens with zero attached hydrogens (tertiary/aromatic N) is 3. The minimum absolute atomic E-state index is 0. The van der Waals surface area contributed by atoms with E-state index in [4.69, 9.17) is 4.74 Å². The van der Waals surface area contributed by atoms with Crippen molar-refractivity contribution in [2.45, 2.75) is 51.5 Å². The summed E-state index contributed by atoms with van der Waals surface area (Å²) < 4.78 is 5.58. The van der Waals surface area contributed by atoms with E-state index in [1.54, 1.807) is 0 Å². The summed E-state index contributed by atoms with van der Waals surface area (Å²) in [5.74, 6) is 0.936. The molecule has 0 unspecified atom stereocenters. The smallest absolute Gasteiger partial charge is 0.191 e. The van der Waals surface area contributed by atoms with Gasteiger partial charge in [-0.3, -0.25) is 9.89 Å². The zero-order valence-electron chi connectivity index (χ0n) is 17.1. The molecule has 26 heavy (non-hydrogen) atoms. The highest BCUT2D eigenvalue weighted by atomic mass is 127. The third-order valence-electron chi connectivity index (χ3n) is 5.89. The average Bonchev–Trinajstić information content (AvgIpc) is 2.69. The average molecular weight is 481 g/mol. The standard InChI is InChI=1S/C19H39N5O.HI/c1-4-23(5-2)12-11-21-18(20-3)22-17-19(9-7-6-8-10-19)24-13-15-25-16-14-24;/h4-17H2,1-3H3,(H2,20,21,22);1H.